The highest BCUT2D eigenvalue weighted by Crippen LogP contribution is 2.28. The molecule has 0 atom stereocenters. The Labute approximate surface area is 124 Å². The topological polar surface area (TPSA) is 36.9 Å². The first-order chi connectivity index (χ1) is 9.74. The predicted molar refractivity (Wildman–Crippen MR) is 80.8 cm³/mol. The highest BCUT2D eigenvalue weighted by Gasteiger charge is 2.28. The van der Waals surface area contributed by atoms with E-state index >= 15 is 0 Å². The molecule has 4 heteroatoms. The fourth-order valence-corrected chi connectivity index (χ4v) is 2.32. The molecule has 0 saturated heterocycles. The standard InChI is InChI=1S/C16H34O4/c1-5-9-10-11-12-13-14-15-16(6-2,7-3)18-20-19-17-8-4/h5-15H2,1-4H3. The lowest BCUT2D eigenvalue weighted by Crippen LogP contribution is -2.31. The van der Waals surface area contributed by atoms with E-state index in [0.717, 1.165) is 19.3 Å². The third-order valence-electron chi connectivity index (χ3n) is 3.93. The van der Waals surface area contributed by atoms with Crippen LogP contribution in [0.1, 0.15) is 91.9 Å². The van der Waals surface area contributed by atoms with E-state index in [4.69, 9.17) is 9.93 Å². The molecule has 4 nitrogen and oxygen atoms in total. The van der Waals surface area contributed by atoms with Gasteiger partial charge in [0.05, 0.1) is 6.61 Å². The number of hydrogen-bond donors (Lipinski definition) is 0. The van der Waals surface area contributed by atoms with Gasteiger partial charge in [0, 0.05) is 0 Å². The molecule has 0 unspecified atom stereocenters. The second kappa shape index (κ2) is 13.8. The van der Waals surface area contributed by atoms with Gasteiger partial charge in [-0.15, -0.1) is 0 Å². The second-order valence-corrected chi connectivity index (χ2v) is 5.39. The molecule has 0 radical (unpaired) electrons. The van der Waals surface area contributed by atoms with E-state index in [9.17, 15) is 0 Å². The van der Waals surface area contributed by atoms with E-state index in [0.29, 0.717) is 6.61 Å². The van der Waals surface area contributed by atoms with Gasteiger partial charge in [-0.2, -0.15) is 4.89 Å². The van der Waals surface area contributed by atoms with Crippen LogP contribution in [0.3, 0.4) is 0 Å². The van der Waals surface area contributed by atoms with Crippen LogP contribution in [0, 0.1) is 0 Å². The molecule has 0 aliphatic rings. The van der Waals surface area contributed by atoms with E-state index in [1.165, 1.54) is 44.9 Å². The predicted octanol–water partition coefficient (Wildman–Crippen LogP) is 5.52. The van der Waals surface area contributed by atoms with Crippen LogP contribution in [-0.2, 0) is 19.9 Å². The summed E-state index contributed by atoms with van der Waals surface area (Å²) in [7, 11) is 0. The van der Waals surface area contributed by atoms with E-state index in [2.05, 4.69) is 30.7 Å². The monoisotopic (exact) mass is 290 g/mol. The zero-order chi connectivity index (χ0) is 15.1. The minimum Gasteiger partial charge on any atom is -0.204 e. The first kappa shape index (κ1) is 19.8. The van der Waals surface area contributed by atoms with Gasteiger partial charge in [0.25, 0.3) is 0 Å². The Morgan fingerprint density at radius 1 is 0.700 bits per heavy atom. The summed E-state index contributed by atoms with van der Waals surface area (Å²) in [5.74, 6) is 0. The van der Waals surface area contributed by atoms with E-state index in [1.54, 1.807) is 0 Å². The maximum absolute atomic E-state index is 5.43. The number of unbranched alkanes of at least 4 members (excludes halogenated alkanes) is 6. The summed E-state index contributed by atoms with van der Waals surface area (Å²) in [4.78, 5) is 10.1. The van der Waals surface area contributed by atoms with Crippen molar-refractivity contribution < 1.29 is 19.9 Å². The zero-order valence-corrected chi connectivity index (χ0v) is 13.9. The summed E-state index contributed by atoms with van der Waals surface area (Å²) in [5.41, 5.74) is -0.249. The summed E-state index contributed by atoms with van der Waals surface area (Å²) < 4.78 is 0. The van der Waals surface area contributed by atoms with Crippen LogP contribution < -0.4 is 0 Å². The first-order valence-electron chi connectivity index (χ1n) is 8.38. The van der Waals surface area contributed by atoms with Gasteiger partial charge in [-0.25, -0.2) is 4.89 Å². The van der Waals surface area contributed by atoms with Crippen molar-refractivity contribution >= 4 is 0 Å². The molecule has 0 saturated carbocycles. The fraction of sp³-hybridized carbons (Fsp3) is 1.00. The van der Waals surface area contributed by atoms with Crippen LogP contribution >= 0.6 is 0 Å². The van der Waals surface area contributed by atoms with Crippen LogP contribution in [-0.4, -0.2) is 12.2 Å². The second-order valence-electron chi connectivity index (χ2n) is 5.39. The van der Waals surface area contributed by atoms with Crippen molar-refractivity contribution in [1.29, 1.82) is 0 Å². The van der Waals surface area contributed by atoms with Crippen molar-refractivity contribution in [1.82, 2.24) is 0 Å². The minimum atomic E-state index is -0.249. The largest absolute Gasteiger partial charge is 0.204 e. The van der Waals surface area contributed by atoms with Gasteiger partial charge in [0.15, 0.2) is 0 Å². The molecule has 0 aromatic carbocycles. The molecule has 0 aliphatic carbocycles. The lowest BCUT2D eigenvalue weighted by Gasteiger charge is -2.28. The highest BCUT2D eigenvalue weighted by atomic mass is 17.7. The molecular formula is C16H34O4. The Kier molecular flexibility index (Phi) is 13.7. The van der Waals surface area contributed by atoms with Gasteiger partial charge in [0.1, 0.15) is 5.60 Å². The Morgan fingerprint density at radius 2 is 1.30 bits per heavy atom. The van der Waals surface area contributed by atoms with Crippen molar-refractivity contribution in [2.75, 3.05) is 6.61 Å². The third-order valence-corrected chi connectivity index (χ3v) is 3.93. The first-order valence-corrected chi connectivity index (χ1v) is 8.38. The fourth-order valence-electron chi connectivity index (χ4n) is 2.32. The van der Waals surface area contributed by atoms with Gasteiger partial charge in [-0.3, -0.25) is 0 Å². The quantitative estimate of drug-likeness (QED) is 0.226. The van der Waals surface area contributed by atoms with Gasteiger partial charge in [-0.1, -0.05) is 65.7 Å². The van der Waals surface area contributed by atoms with Crippen molar-refractivity contribution in [3.05, 3.63) is 0 Å². The van der Waals surface area contributed by atoms with Crippen LogP contribution in [0.2, 0.25) is 0 Å². The SMILES string of the molecule is CCCCCCCCCC(CC)(CC)OOOOCC. The third kappa shape index (κ3) is 9.70. The maximum atomic E-state index is 5.43. The van der Waals surface area contributed by atoms with Crippen LogP contribution in [0.15, 0.2) is 0 Å². The van der Waals surface area contributed by atoms with Gasteiger partial charge in [-0.05, 0) is 36.3 Å². The molecule has 0 heterocycles. The zero-order valence-electron chi connectivity index (χ0n) is 13.9. The van der Waals surface area contributed by atoms with E-state index in [1.807, 2.05) is 6.92 Å². The Bertz CT molecular complexity index is 193. The summed E-state index contributed by atoms with van der Waals surface area (Å²) in [6.07, 6.45) is 12.0. The van der Waals surface area contributed by atoms with Gasteiger partial charge >= 0.3 is 0 Å². The Hall–Kier alpha value is -0.160. The average molecular weight is 290 g/mol. The molecule has 0 spiro atoms. The Morgan fingerprint density at radius 3 is 1.85 bits per heavy atom. The lowest BCUT2D eigenvalue weighted by molar-refractivity contribution is -0.651. The normalized spacial score (nSPS) is 12.0. The van der Waals surface area contributed by atoms with Crippen molar-refractivity contribution in [2.24, 2.45) is 0 Å². The summed E-state index contributed by atoms with van der Waals surface area (Å²) in [5, 5.41) is 9.20. The molecule has 0 bridgehead atoms. The summed E-state index contributed by atoms with van der Waals surface area (Å²) in [6, 6.07) is 0. The molecule has 0 aromatic heterocycles. The minimum absolute atomic E-state index is 0.249. The smallest absolute Gasteiger partial charge is 0.106 e. The van der Waals surface area contributed by atoms with E-state index in [-0.39, 0.29) is 5.60 Å². The number of hydrogen-bond acceptors (Lipinski definition) is 4. The molecule has 0 fully saturated rings. The molecule has 0 aliphatic heterocycles. The molecule has 0 aromatic rings. The molecule has 0 amide bonds. The van der Waals surface area contributed by atoms with Crippen LogP contribution in [0.4, 0.5) is 0 Å². The van der Waals surface area contributed by atoms with Crippen molar-refractivity contribution in [3.8, 4) is 0 Å². The average Bonchev–Trinajstić information content (AvgIpc) is 2.49. The molecule has 20 heavy (non-hydrogen) atoms. The Balaban J connectivity index is 3.76. The van der Waals surface area contributed by atoms with Gasteiger partial charge in [0.2, 0.25) is 0 Å². The van der Waals surface area contributed by atoms with Gasteiger partial charge < -0.3 is 0 Å². The summed E-state index contributed by atoms with van der Waals surface area (Å²) >= 11 is 0. The van der Waals surface area contributed by atoms with E-state index < -0.39 is 0 Å². The van der Waals surface area contributed by atoms with Crippen molar-refractivity contribution in [2.45, 2.75) is 97.5 Å². The summed E-state index contributed by atoms with van der Waals surface area (Å²) in [6.45, 7) is 8.75. The van der Waals surface area contributed by atoms with Crippen molar-refractivity contribution in [3.63, 3.8) is 0 Å². The van der Waals surface area contributed by atoms with Crippen LogP contribution in [0.25, 0.3) is 0 Å². The number of rotatable bonds is 15. The highest BCUT2D eigenvalue weighted by molar-refractivity contribution is 4.76. The lowest BCUT2D eigenvalue weighted by atomic mass is 9.90. The molecule has 122 valence electrons. The van der Waals surface area contributed by atoms with Crippen LogP contribution in [0.5, 0.6) is 0 Å². The maximum Gasteiger partial charge on any atom is 0.106 e. The molecule has 0 rings (SSSR count). The molecular weight excluding hydrogens is 256 g/mol. The molecule has 0 N–H and O–H groups in total.